The lowest BCUT2D eigenvalue weighted by Crippen LogP contribution is -2.56. The van der Waals surface area contributed by atoms with Crippen LogP contribution in [0, 0.1) is 0 Å². The summed E-state index contributed by atoms with van der Waals surface area (Å²) in [6.45, 7) is 1.24. The van der Waals surface area contributed by atoms with Crippen LogP contribution in [0.4, 0.5) is 4.79 Å². The van der Waals surface area contributed by atoms with Crippen molar-refractivity contribution in [2.24, 2.45) is 0 Å². The molecule has 0 spiro atoms. The number of hydrogen-bond donors (Lipinski definition) is 2. The molecule has 2 N–H and O–H groups in total. The molecule has 1 aliphatic carbocycles. The average molecular weight is 238 g/mol. The largest absolute Gasteiger partial charge is 0.480 e. The molecule has 1 aliphatic heterocycles. The maximum atomic E-state index is 12.0. The molecule has 0 bridgehead atoms. The van der Waals surface area contributed by atoms with Gasteiger partial charge in [-0.1, -0.05) is 25.0 Å². The molecule has 5 heteroatoms. The quantitative estimate of drug-likeness (QED) is 0.713. The number of rotatable bonds is 2. The van der Waals surface area contributed by atoms with Crippen molar-refractivity contribution < 1.29 is 14.7 Å². The van der Waals surface area contributed by atoms with Gasteiger partial charge < -0.3 is 15.3 Å². The summed E-state index contributed by atoms with van der Waals surface area (Å²) < 4.78 is 0. The molecule has 1 fully saturated rings. The smallest absolute Gasteiger partial charge is 0.329 e. The van der Waals surface area contributed by atoms with Gasteiger partial charge in [-0.2, -0.15) is 0 Å². The third kappa shape index (κ3) is 2.43. The van der Waals surface area contributed by atoms with Crippen LogP contribution in [0.2, 0.25) is 0 Å². The van der Waals surface area contributed by atoms with Gasteiger partial charge in [0.2, 0.25) is 0 Å². The van der Waals surface area contributed by atoms with Gasteiger partial charge >= 0.3 is 12.0 Å². The highest BCUT2D eigenvalue weighted by Crippen LogP contribution is 2.30. The number of nitrogens with zero attached hydrogens (tertiary/aromatic N) is 1. The molecule has 1 saturated carbocycles. The Bertz CT molecular complexity index is 346. The van der Waals surface area contributed by atoms with E-state index in [0.717, 1.165) is 19.3 Å². The average Bonchev–Trinajstić information content (AvgIpc) is 2.80. The summed E-state index contributed by atoms with van der Waals surface area (Å²) in [6, 6.07) is -0.251. The Morgan fingerprint density at radius 2 is 1.94 bits per heavy atom. The number of carboxylic acids is 1. The minimum absolute atomic E-state index is 0.251. The summed E-state index contributed by atoms with van der Waals surface area (Å²) >= 11 is 0. The molecular weight excluding hydrogens is 220 g/mol. The van der Waals surface area contributed by atoms with Crippen molar-refractivity contribution in [3.63, 3.8) is 0 Å². The van der Waals surface area contributed by atoms with Crippen LogP contribution < -0.4 is 5.32 Å². The zero-order valence-electron chi connectivity index (χ0n) is 9.82. The highest BCUT2D eigenvalue weighted by atomic mass is 16.4. The van der Waals surface area contributed by atoms with Crippen LogP contribution >= 0.6 is 0 Å². The standard InChI is InChI=1S/C12H18N2O3/c15-10(16)12(6-2-3-7-12)13-11(17)14-8-4-1-5-9-14/h1,4H,2-3,5-9H2,(H,13,17)(H,15,16). The highest BCUT2D eigenvalue weighted by Gasteiger charge is 2.43. The fourth-order valence-electron chi connectivity index (χ4n) is 2.48. The first-order valence-corrected chi connectivity index (χ1v) is 6.09. The molecule has 2 rings (SSSR count). The van der Waals surface area contributed by atoms with Crippen LogP contribution in [-0.2, 0) is 4.79 Å². The fraction of sp³-hybridized carbons (Fsp3) is 0.667. The first-order chi connectivity index (χ1) is 8.14. The van der Waals surface area contributed by atoms with E-state index >= 15 is 0 Å². The summed E-state index contributed by atoms with van der Waals surface area (Å²) in [5, 5.41) is 12.0. The molecule has 0 aromatic heterocycles. The van der Waals surface area contributed by atoms with E-state index in [2.05, 4.69) is 5.32 Å². The number of hydrogen-bond acceptors (Lipinski definition) is 2. The monoisotopic (exact) mass is 238 g/mol. The number of carbonyl (C=O) groups is 2. The molecule has 1 heterocycles. The molecule has 2 aliphatic rings. The van der Waals surface area contributed by atoms with Crippen molar-refractivity contribution in [1.29, 1.82) is 0 Å². The normalized spacial score (nSPS) is 22.5. The molecule has 5 nitrogen and oxygen atoms in total. The van der Waals surface area contributed by atoms with Crippen molar-refractivity contribution in [2.75, 3.05) is 13.1 Å². The van der Waals surface area contributed by atoms with Crippen molar-refractivity contribution in [3.05, 3.63) is 12.2 Å². The summed E-state index contributed by atoms with van der Waals surface area (Å²) in [5.41, 5.74) is -1.03. The second-order valence-electron chi connectivity index (χ2n) is 4.73. The third-order valence-corrected chi connectivity index (χ3v) is 3.56. The van der Waals surface area contributed by atoms with Crippen molar-refractivity contribution >= 4 is 12.0 Å². The Balaban J connectivity index is 2.00. The summed E-state index contributed by atoms with van der Waals surface area (Å²) in [7, 11) is 0. The molecule has 2 amide bonds. The van der Waals surface area contributed by atoms with Gasteiger partial charge in [0.05, 0.1) is 0 Å². The van der Waals surface area contributed by atoms with E-state index < -0.39 is 11.5 Å². The van der Waals surface area contributed by atoms with Crippen LogP contribution in [0.25, 0.3) is 0 Å². The maximum Gasteiger partial charge on any atom is 0.329 e. The Morgan fingerprint density at radius 3 is 2.47 bits per heavy atom. The molecule has 0 radical (unpaired) electrons. The molecule has 0 saturated heterocycles. The SMILES string of the molecule is O=C(NC1(C(=O)O)CCCC1)N1CC=CCC1. The predicted molar refractivity (Wildman–Crippen MR) is 62.7 cm³/mol. The minimum Gasteiger partial charge on any atom is -0.480 e. The van der Waals surface area contributed by atoms with E-state index in [1.807, 2.05) is 12.2 Å². The topological polar surface area (TPSA) is 69.6 Å². The van der Waals surface area contributed by atoms with Crippen molar-refractivity contribution in [3.8, 4) is 0 Å². The van der Waals surface area contributed by atoms with Crippen molar-refractivity contribution in [2.45, 2.75) is 37.6 Å². The lowest BCUT2D eigenvalue weighted by Gasteiger charge is -2.30. The Hall–Kier alpha value is -1.52. The molecule has 0 aromatic rings. The van der Waals surface area contributed by atoms with Gasteiger partial charge in [0, 0.05) is 13.1 Å². The van der Waals surface area contributed by atoms with E-state index in [9.17, 15) is 14.7 Å². The summed E-state index contributed by atoms with van der Waals surface area (Å²) in [6.07, 6.45) is 7.62. The zero-order chi connectivity index (χ0) is 12.3. The van der Waals surface area contributed by atoms with Gasteiger partial charge in [0.25, 0.3) is 0 Å². The Kier molecular flexibility index (Phi) is 3.36. The molecule has 0 aromatic carbocycles. The van der Waals surface area contributed by atoms with E-state index in [1.54, 1.807) is 4.90 Å². The molecule has 17 heavy (non-hydrogen) atoms. The number of nitrogens with one attached hydrogen (secondary N) is 1. The van der Waals surface area contributed by atoms with E-state index in [0.29, 0.717) is 25.9 Å². The lowest BCUT2D eigenvalue weighted by molar-refractivity contribution is -0.144. The first kappa shape index (κ1) is 12.0. The number of aliphatic carboxylic acids is 1. The van der Waals surface area contributed by atoms with Crippen LogP contribution in [0.1, 0.15) is 32.1 Å². The number of carboxylic acid groups (broad SMARTS) is 1. The lowest BCUT2D eigenvalue weighted by atomic mass is 9.98. The fourth-order valence-corrected chi connectivity index (χ4v) is 2.48. The van der Waals surface area contributed by atoms with Gasteiger partial charge in [0.15, 0.2) is 0 Å². The molecular formula is C12H18N2O3. The predicted octanol–water partition coefficient (Wildman–Crippen LogP) is 1.36. The van der Waals surface area contributed by atoms with Crippen LogP contribution in [0.3, 0.4) is 0 Å². The van der Waals surface area contributed by atoms with Crippen LogP contribution in [0.15, 0.2) is 12.2 Å². The first-order valence-electron chi connectivity index (χ1n) is 6.09. The van der Waals surface area contributed by atoms with Gasteiger partial charge in [-0.3, -0.25) is 0 Å². The second kappa shape index (κ2) is 4.77. The third-order valence-electron chi connectivity index (χ3n) is 3.56. The Morgan fingerprint density at radius 1 is 1.24 bits per heavy atom. The van der Waals surface area contributed by atoms with Crippen LogP contribution in [0.5, 0.6) is 0 Å². The van der Waals surface area contributed by atoms with Crippen LogP contribution in [-0.4, -0.2) is 40.6 Å². The van der Waals surface area contributed by atoms with Crippen molar-refractivity contribution in [1.82, 2.24) is 10.2 Å². The van der Waals surface area contributed by atoms with E-state index in [-0.39, 0.29) is 6.03 Å². The number of carbonyl (C=O) groups excluding carboxylic acids is 1. The van der Waals surface area contributed by atoms with E-state index in [1.165, 1.54) is 0 Å². The van der Waals surface area contributed by atoms with Gasteiger partial charge in [-0.15, -0.1) is 0 Å². The molecule has 94 valence electrons. The van der Waals surface area contributed by atoms with E-state index in [4.69, 9.17) is 0 Å². The van der Waals surface area contributed by atoms with Gasteiger partial charge in [0.1, 0.15) is 5.54 Å². The minimum atomic E-state index is -1.03. The molecule has 0 atom stereocenters. The maximum absolute atomic E-state index is 12.0. The number of urea groups is 1. The van der Waals surface area contributed by atoms with Gasteiger partial charge in [-0.05, 0) is 19.3 Å². The highest BCUT2D eigenvalue weighted by molar-refractivity contribution is 5.86. The Labute approximate surface area is 100 Å². The number of amides is 2. The van der Waals surface area contributed by atoms with Gasteiger partial charge in [-0.25, -0.2) is 9.59 Å². The summed E-state index contributed by atoms with van der Waals surface area (Å²) in [4.78, 5) is 24.9. The molecule has 0 unspecified atom stereocenters. The summed E-state index contributed by atoms with van der Waals surface area (Å²) in [5.74, 6) is -0.907. The zero-order valence-corrected chi connectivity index (χ0v) is 9.82. The second-order valence-corrected chi connectivity index (χ2v) is 4.73.